The summed E-state index contributed by atoms with van der Waals surface area (Å²) in [4.78, 5) is 0. The first kappa shape index (κ1) is 11.4. The summed E-state index contributed by atoms with van der Waals surface area (Å²) in [6.45, 7) is 0.988. The molecule has 1 heterocycles. The Bertz CT molecular complexity index is 368. The molecule has 0 aliphatic carbocycles. The zero-order valence-electron chi connectivity index (χ0n) is 8.51. The van der Waals surface area contributed by atoms with Crippen LogP contribution in [0.25, 0.3) is 0 Å². The lowest BCUT2D eigenvalue weighted by molar-refractivity contribution is -0.137. The van der Waals surface area contributed by atoms with Gasteiger partial charge in [0.1, 0.15) is 0 Å². The van der Waals surface area contributed by atoms with E-state index in [-0.39, 0.29) is 0 Å². The van der Waals surface area contributed by atoms with Gasteiger partial charge >= 0.3 is 6.18 Å². The monoisotopic (exact) mass is 231 g/mol. The van der Waals surface area contributed by atoms with Crippen LogP contribution in [-0.2, 0) is 12.6 Å². The number of benzene rings is 1. The van der Waals surface area contributed by atoms with Crippen LogP contribution in [0.4, 0.5) is 13.2 Å². The summed E-state index contributed by atoms with van der Waals surface area (Å²) in [5.41, 5.74) is -0.730. The van der Waals surface area contributed by atoms with Crippen molar-refractivity contribution in [2.24, 2.45) is 0 Å². The van der Waals surface area contributed by atoms with Gasteiger partial charge in [-0.3, -0.25) is 0 Å². The summed E-state index contributed by atoms with van der Waals surface area (Å²) in [6.07, 6.45) is -3.91. The Morgan fingerprint density at radius 1 is 1.19 bits per heavy atom. The Morgan fingerprint density at radius 3 is 2.12 bits per heavy atom. The number of alkyl halides is 3. The maximum absolute atomic E-state index is 12.3. The van der Waals surface area contributed by atoms with E-state index in [4.69, 9.17) is 0 Å². The Kier molecular flexibility index (Phi) is 2.67. The van der Waals surface area contributed by atoms with E-state index >= 15 is 0 Å². The molecule has 1 saturated heterocycles. The van der Waals surface area contributed by atoms with E-state index < -0.39 is 17.3 Å². The van der Waals surface area contributed by atoms with Gasteiger partial charge in [-0.05, 0) is 17.7 Å². The average Bonchev–Trinajstić information content (AvgIpc) is 2.15. The van der Waals surface area contributed by atoms with Gasteiger partial charge in [0.2, 0.25) is 0 Å². The van der Waals surface area contributed by atoms with E-state index in [9.17, 15) is 18.3 Å². The van der Waals surface area contributed by atoms with Crippen molar-refractivity contribution < 1.29 is 18.3 Å². The van der Waals surface area contributed by atoms with Gasteiger partial charge in [-0.15, -0.1) is 0 Å². The molecule has 0 saturated carbocycles. The third kappa shape index (κ3) is 2.36. The number of hydrogen-bond donors (Lipinski definition) is 2. The van der Waals surface area contributed by atoms with Crippen LogP contribution >= 0.6 is 0 Å². The normalized spacial score (nSPS) is 19.2. The van der Waals surface area contributed by atoms with Crippen molar-refractivity contribution in [3.63, 3.8) is 0 Å². The summed E-state index contributed by atoms with van der Waals surface area (Å²) < 4.78 is 36.8. The zero-order chi connectivity index (χ0) is 11.8. The number of halogens is 3. The maximum atomic E-state index is 12.3. The molecule has 0 amide bonds. The first-order valence-corrected chi connectivity index (χ1v) is 4.98. The molecule has 88 valence electrons. The molecule has 0 radical (unpaired) electrons. The van der Waals surface area contributed by atoms with Crippen LogP contribution < -0.4 is 5.32 Å². The summed E-state index contributed by atoms with van der Waals surface area (Å²) >= 11 is 0. The largest absolute Gasteiger partial charge is 0.416 e. The van der Waals surface area contributed by atoms with Crippen LogP contribution in [0.1, 0.15) is 11.1 Å². The molecule has 0 unspecified atom stereocenters. The van der Waals surface area contributed by atoms with Crippen LogP contribution in [0, 0.1) is 0 Å². The fourth-order valence-electron chi connectivity index (χ4n) is 1.73. The van der Waals surface area contributed by atoms with Crippen molar-refractivity contribution in [2.45, 2.75) is 18.2 Å². The molecular weight excluding hydrogens is 219 g/mol. The van der Waals surface area contributed by atoms with Crippen molar-refractivity contribution in [3.05, 3.63) is 35.4 Å². The van der Waals surface area contributed by atoms with E-state index in [1.807, 2.05) is 0 Å². The maximum Gasteiger partial charge on any atom is 0.416 e. The predicted octanol–water partition coefficient (Wildman–Crippen LogP) is 1.58. The van der Waals surface area contributed by atoms with Gasteiger partial charge in [-0.2, -0.15) is 13.2 Å². The Hall–Kier alpha value is -1.07. The molecule has 1 aliphatic rings. The minimum Gasteiger partial charge on any atom is -0.387 e. The number of aliphatic hydroxyl groups is 1. The fourth-order valence-corrected chi connectivity index (χ4v) is 1.73. The van der Waals surface area contributed by atoms with Gasteiger partial charge in [0.05, 0.1) is 11.2 Å². The predicted molar refractivity (Wildman–Crippen MR) is 53.0 cm³/mol. The third-order valence-electron chi connectivity index (χ3n) is 2.72. The van der Waals surface area contributed by atoms with Crippen molar-refractivity contribution in [2.75, 3.05) is 13.1 Å². The number of hydrogen-bond acceptors (Lipinski definition) is 2. The highest BCUT2D eigenvalue weighted by Gasteiger charge is 2.34. The van der Waals surface area contributed by atoms with E-state index in [0.717, 1.165) is 17.7 Å². The van der Waals surface area contributed by atoms with E-state index in [1.165, 1.54) is 12.1 Å². The van der Waals surface area contributed by atoms with Crippen LogP contribution in [0.15, 0.2) is 24.3 Å². The molecule has 16 heavy (non-hydrogen) atoms. The minimum absolute atomic E-state index is 0.387. The van der Waals surface area contributed by atoms with Crippen molar-refractivity contribution >= 4 is 0 Å². The molecular formula is C11H12F3NO. The van der Waals surface area contributed by atoms with Crippen LogP contribution in [0.3, 0.4) is 0 Å². The van der Waals surface area contributed by atoms with Gasteiger partial charge in [0.25, 0.3) is 0 Å². The lowest BCUT2D eigenvalue weighted by atomic mass is 9.89. The molecule has 0 atom stereocenters. The summed E-state index contributed by atoms with van der Waals surface area (Å²) in [5.74, 6) is 0. The first-order valence-electron chi connectivity index (χ1n) is 4.98. The standard InChI is InChI=1S/C11H12F3NO/c12-11(13,14)9-3-1-8(2-4-9)5-10(16)6-15-7-10/h1-4,15-16H,5-7H2. The first-order chi connectivity index (χ1) is 7.39. The summed E-state index contributed by atoms with van der Waals surface area (Å²) in [7, 11) is 0. The number of β-amino-alcohol motifs (C(OH)–C–C–N with tert-alkyl or cyclic N) is 1. The molecule has 0 spiro atoms. The molecule has 0 aromatic heterocycles. The van der Waals surface area contributed by atoms with E-state index in [2.05, 4.69) is 5.32 Å². The second-order valence-corrected chi connectivity index (χ2v) is 4.20. The molecule has 1 aromatic rings. The van der Waals surface area contributed by atoms with E-state index in [1.54, 1.807) is 0 Å². The molecule has 2 nitrogen and oxygen atoms in total. The van der Waals surface area contributed by atoms with Crippen molar-refractivity contribution in [1.29, 1.82) is 0 Å². The van der Waals surface area contributed by atoms with Crippen LogP contribution in [-0.4, -0.2) is 23.8 Å². The van der Waals surface area contributed by atoms with Crippen molar-refractivity contribution in [1.82, 2.24) is 5.32 Å². The van der Waals surface area contributed by atoms with Gasteiger partial charge < -0.3 is 10.4 Å². The fraction of sp³-hybridized carbons (Fsp3) is 0.455. The molecule has 2 N–H and O–H groups in total. The Morgan fingerprint density at radius 2 is 1.75 bits per heavy atom. The number of nitrogens with one attached hydrogen (secondary N) is 1. The topological polar surface area (TPSA) is 32.3 Å². The highest BCUT2D eigenvalue weighted by molar-refractivity contribution is 5.26. The highest BCUT2D eigenvalue weighted by atomic mass is 19.4. The number of rotatable bonds is 2. The van der Waals surface area contributed by atoms with Crippen LogP contribution in [0.5, 0.6) is 0 Å². The Labute approximate surface area is 91.1 Å². The smallest absolute Gasteiger partial charge is 0.387 e. The molecule has 0 bridgehead atoms. The SMILES string of the molecule is OC1(Cc2ccc(C(F)(F)F)cc2)CNC1. The molecule has 2 rings (SSSR count). The lowest BCUT2D eigenvalue weighted by Gasteiger charge is -2.37. The summed E-state index contributed by atoms with van der Waals surface area (Å²) in [6, 6.07) is 4.92. The van der Waals surface area contributed by atoms with Gasteiger partial charge in [0, 0.05) is 19.5 Å². The third-order valence-corrected chi connectivity index (χ3v) is 2.72. The Balaban J connectivity index is 2.08. The second kappa shape index (κ2) is 3.75. The van der Waals surface area contributed by atoms with Crippen molar-refractivity contribution in [3.8, 4) is 0 Å². The molecule has 5 heteroatoms. The quantitative estimate of drug-likeness (QED) is 0.810. The van der Waals surface area contributed by atoms with Gasteiger partial charge in [-0.1, -0.05) is 12.1 Å². The zero-order valence-corrected chi connectivity index (χ0v) is 8.51. The van der Waals surface area contributed by atoms with Crippen LogP contribution in [0.2, 0.25) is 0 Å². The summed E-state index contributed by atoms with van der Waals surface area (Å²) in [5, 5.41) is 12.7. The average molecular weight is 231 g/mol. The van der Waals surface area contributed by atoms with Gasteiger partial charge in [-0.25, -0.2) is 0 Å². The van der Waals surface area contributed by atoms with Gasteiger partial charge in [0.15, 0.2) is 0 Å². The second-order valence-electron chi connectivity index (χ2n) is 4.20. The molecule has 1 aliphatic heterocycles. The molecule has 1 fully saturated rings. The minimum atomic E-state index is -4.30. The molecule has 1 aromatic carbocycles. The van der Waals surface area contributed by atoms with E-state index in [0.29, 0.717) is 19.5 Å². The highest BCUT2D eigenvalue weighted by Crippen LogP contribution is 2.29. The lowest BCUT2D eigenvalue weighted by Crippen LogP contribution is -2.60.